The summed E-state index contributed by atoms with van der Waals surface area (Å²) in [6.45, 7) is 6.72. The number of nitrogens with one attached hydrogen (secondary N) is 2. The zero-order valence-corrected chi connectivity index (χ0v) is 13.0. The smallest absolute Gasteiger partial charge is 0.134 e. The summed E-state index contributed by atoms with van der Waals surface area (Å²) in [5, 5.41) is 6.42. The molecule has 2 N–H and O–H groups in total. The lowest BCUT2D eigenvalue weighted by molar-refractivity contribution is 0.0759. The van der Waals surface area contributed by atoms with Gasteiger partial charge in [-0.25, -0.2) is 9.97 Å². The predicted molar refractivity (Wildman–Crippen MR) is 81.5 cm³/mol. The monoisotopic (exact) mass is 282 g/mol. The van der Waals surface area contributed by atoms with E-state index in [-0.39, 0.29) is 0 Å². The number of ether oxygens (including phenoxy) is 2. The molecule has 0 amide bonds. The van der Waals surface area contributed by atoms with Gasteiger partial charge in [0.25, 0.3) is 0 Å². The molecule has 0 aromatic carbocycles. The van der Waals surface area contributed by atoms with Crippen molar-refractivity contribution < 1.29 is 9.47 Å². The normalized spacial score (nSPS) is 10.6. The molecule has 0 bridgehead atoms. The van der Waals surface area contributed by atoms with Gasteiger partial charge in [-0.3, -0.25) is 0 Å². The first-order valence-electron chi connectivity index (χ1n) is 7.08. The minimum Gasteiger partial charge on any atom is -0.382 e. The van der Waals surface area contributed by atoms with Crippen LogP contribution >= 0.6 is 0 Å². The van der Waals surface area contributed by atoms with Crippen molar-refractivity contribution >= 4 is 11.6 Å². The second-order valence-corrected chi connectivity index (χ2v) is 4.49. The Morgan fingerprint density at radius 3 is 2.50 bits per heavy atom. The highest BCUT2D eigenvalue weighted by molar-refractivity contribution is 5.56. The lowest BCUT2D eigenvalue weighted by Gasteiger charge is -2.13. The number of aryl methyl sites for hydroxylation is 1. The number of rotatable bonds is 10. The molecule has 0 aliphatic rings. The van der Waals surface area contributed by atoms with Gasteiger partial charge in [0.1, 0.15) is 17.5 Å². The standard InChI is InChI=1S/C14H26N4O2/c1-5-6-12-17-13(15-3)11(2)14(18-12)16-7-8-20-10-9-19-4/h5-10H2,1-4H3,(H2,15,16,17,18). The highest BCUT2D eigenvalue weighted by atomic mass is 16.5. The molecule has 6 nitrogen and oxygen atoms in total. The van der Waals surface area contributed by atoms with Crippen molar-refractivity contribution in [2.75, 3.05) is 51.2 Å². The molecule has 0 aliphatic carbocycles. The van der Waals surface area contributed by atoms with Crippen molar-refractivity contribution in [3.8, 4) is 0 Å². The summed E-state index contributed by atoms with van der Waals surface area (Å²) in [5.41, 5.74) is 1.03. The minimum absolute atomic E-state index is 0.615. The molecule has 0 aliphatic heterocycles. The fraction of sp³-hybridized carbons (Fsp3) is 0.714. The molecule has 0 unspecified atom stereocenters. The van der Waals surface area contributed by atoms with Gasteiger partial charge in [0.2, 0.25) is 0 Å². The fourth-order valence-corrected chi connectivity index (χ4v) is 1.80. The number of methoxy groups -OCH3 is 1. The highest BCUT2D eigenvalue weighted by Crippen LogP contribution is 2.19. The predicted octanol–water partition coefficient (Wildman–Crippen LogP) is 1.85. The van der Waals surface area contributed by atoms with Crippen LogP contribution in [0.15, 0.2) is 0 Å². The quantitative estimate of drug-likeness (QED) is 0.638. The van der Waals surface area contributed by atoms with Crippen LogP contribution in [-0.2, 0) is 15.9 Å². The zero-order chi connectivity index (χ0) is 14.8. The molecule has 20 heavy (non-hydrogen) atoms. The third kappa shape index (κ3) is 5.30. The maximum atomic E-state index is 5.42. The van der Waals surface area contributed by atoms with Crippen LogP contribution in [0.3, 0.4) is 0 Å². The van der Waals surface area contributed by atoms with Crippen LogP contribution in [0, 0.1) is 6.92 Å². The molecular formula is C14H26N4O2. The van der Waals surface area contributed by atoms with Crippen LogP contribution in [0.1, 0.15) is 24.7 Å². The molecule has 0 saturated heterocycles. The molecule has 0 radical (unpaired) electrons. The van der Waals surface area contributed by atoms with Crippen LogP contribution in [0.25, 0.3) is 0 Å². The second kappa shape index (κ2) is 9.50. The van der Waals surface area contributed by atoms with Gasteiger partial charge in [0.05, 0.1) is 19.8 Å². The lowest BCUT2D eigenvalue weighted by Crippen LogP contribution is -2.15. The van der Waals surface area contributed by atoms with Crippen LogP contribution < -0.4 is 10.6 Å². The van der Waals surface area contributed by atoms with E-state index in [9.17, 15) is 0 Å². The van der Waals surface area contributed by atoms with Gasteiger partial charge in [-0.1, -0.05) is 6.92 Å². The van der Waals surface area contributed by atoms with Crippen molar-refractivity contribution in [3.63, 3.8) is 0 Å². The molecule has 1 heterocycles. The molecular weight excluding hydrogens is 256 g/mol. The van der Waals surface area contributed by atoms with Gasteiger partial charge in [0.15, 0.2) is 0 Å². The van der Waals surface area contributed by atoms with Gasteiger partial charge in [-0.05, 0) is 13.3 Å². The van der Waals surface area contributed by atoms with Crippen molar-refractivity contribution in [3.05, 3.63) is 11.4 Å². The molecule has 0 atom stereocenters. The van der Waals surface area contributed by atoms with Crippen LogP contribution in [-0.4, -0.2) is 50.5 Å². The van der Waals surface area contributed by atoms with Gasteiger partial charge >= 0.3 is 0 Å². The first kappa shape index (κ1) is 16.7. The van der Waals surface area contributed by atoms with Crippen molar-refractivity contribution in [1.82, 2.24) is 9.97 Å². The summed E-state index contributed by atoms with van der Waals surface area (Å²) in [6.07, 6.45) is 1.92. The summed E-state index contributed by atoms with van der Waals surface area (Å²) in [6, 6.07) is 0. The molecule has 0 spiro atoms. The van der Waals surface area contributed by atoms with Crippen LogP contribution in [0.4, 0.5) is 11.6 Å². The molecule has 1 rings (SSSR count). The molecule has 6 heteroatoms. The molecule has 1 aromatic heterocycles. The Balaban J connectivity index is 2.56. The van der Waals surface area contributed by atoms with E-state index in [1.807, 2.05) is 14.0 Å². The number of hydrogen-bond acceptors (Lipinski definition) is 6. The largest absolute Gasteiger partial charge is 0.382 e. The van der Waals surface area contributed by atoms with E-state index >= 15 is 0 Å². The maximum absolute atomic E-state index is 5.42. The van der Waals surface area contributed by atoms with E-state index in [1.54, 1.807) is 7.11 Å². The second-order valence-electron chi connectivity index (χ2n) is 4.49. The topological polar surface area (TPSA) is 68.3 Å². The summed E-state index contributed by atoms with van der Waals surface area (Å²) >= 11 is 0. The van der Waals surface area contributed by atoms with E-state index in [0.29, 0.717) is 19.8 Å². The van der Waals surface area contributed by atoms with Gasteiger partial charge in [0, 0.05) is 32.7 Å². The SMILES string of the molecule is CCCc1nc(NC)c(C)c(NCCOCCOC)n1. The molecule has 0 fully saturated rings. The average molecular weight is 282 g/mol. The Bertz CT molecular complexity index is 399. The van der Waals surface area contributed by atoms with E-state index in [0.717, 1.165) is 42.4 Å². The molecule has 114 valence electrons. The third-order valence-corrected chi connectivity index (χ3v) is 2.87. The Morgan fingerprint density at radius 1 is 1.10 bits per heavy atom. The Morgan fingerprint density at radius 2 is 1.85 bits per heavy atom. The number of nitrogens with zero attached hydrogens (tertiary/aromatic N) is 2. The Hall–Kier alpha value is -1.40. The number of hydrogen-bond donors (Lipinski definition) is 2. The summed E-state index contributed by atoms with van der Waals surface area (Å²) in [4.78, 5) is 9.06. The third-order valence-electron chi connectivity index (χ3n) is 2.87. The summed E-state index contributed by atoms with van der Waals surface area (Å²) in [5.74, 6) is 2.62. The van der Waals surface area contributed by atoms with Crippen molar-refractivity contribution in [1.29, 1.82) is 0 Å². The Labute approximate surface area is 121 Å². The summed E-state index contributed by atoms with van der Waals surface area (Å²) < 4.78 is 10.3. The minimum atomic E-state index is 0.615. The van der Waals surface area contributed by atoms with Crippen molar-refractivity contribution in [2.45, 2.75) is 26.7 Å². The zero-order valence-electron chi connectivity index (χ0n) is 13.0. The van der Waals surface area contributed by atoms with Crippen molar-refractivity contribution in [2.24, 2.45) is 0 Å². The van der Waals surface area contributed by atoms with Crippen LogP contribution in [0.5, 0.6) is 0 Å². The van der Waals surface area contributed by atoms with Gasteiger partial charge in [-0.2, -0.15) is 0 Å². The van der Waals surface area contributed by atoms with E-state index in [2.05, 4.69) is 27.5 Å². The lowest BCUT2D eigenvalue weighted by atomic mass is 10.2. The molecule has 1 aromatic rings. The first-order chi connectivity index (χ1) is 9.72. The van der Waals surface area contributed by atoms with E-state index < -0.39 is 0 Å². The number of anilines is 2. The maximum Gasteiger partial charge on any atom is 0.134 e. The van der Waals surface area contributed by atoms with Crippen LogP contribution in [0.2, 0.25) is 0 Å². The van der Waals surface area contributed by atoms with Gasteiger partial charge < -0.3 is 20.1 Å². The summed E-state index contributed by atoms with van der Waals surface area (Å²) in [7, 11) is 3.54. The highest BCUT2D eigenvalue weighted by Gasteiger charge is 2.09. The Kier molecular flexibility index (Phi) is 7.91. The van der Waals surface area contributed by atoms with E-state index in [4.69, 9.17) is 9.47 Å². The first-order valence-corrected chi connectivity index (χ1v) is 7.08. The average Bonchev–Trinajstić information content (AvgIpc) is 2.45. The van der Waals surface area contributed by atoms with E-state index in [1.165, 1.54) is 0 Å². The number of aromatic nitrogens is 2. The van der Waals surface area contributed by atoms with Gasteiger partial charge in [-0.15, -0.1) is 0 Å². The fourth-order valence-electron chi connectivity index (χ4n) is 1.80. The molecule has 0 saturated carbocycles.